The second-order valence-corrected chi connectivity index (χ2v) is 4.60. The van der Waals surface area contributed by atoms with Crippen LogP contribution >= 0.6 is 0 Å². The Labute approximate surface area is 115 Å². The van der Waals surface area contributed by atoms with Gasteiger partial charge >= 0.3 is 0 Å². The topological polar surface area (TPSA) is 18.5 Å². The SMILES string of the molecule is CCc1cccc(OCc2cc(C)ccc2OC)c1. The summed E-state index contributed by atoms with van der Waals surface area (Å²) in [5.74, 6) is 1.78. The van der Waals surface area contributed by atoms with Gasteiger partial charge in [0.25, 0.3) is 0 Å². The van der Waals surface area contributed by atoms with Crippen LogP contribution in [0.1, 0.15) is 23.6 Å². The van der Waals surface area contributed by atoms with Crippen LogP contribution in [0.2, 0.25) is 0 Å². The van der Waals surface area contributed by atoms with E-state index < -0.39 is 0 Å². The average Bonchev–Trinajstić information content (AvgIpc) is 2.45. The first kappa shape index (κ1) is 13.5. The molecule has 0 fully saturated rings. The average molecular weight is 256 g/mol. The van der Waals surface area contributed by atoms with E-state index in [0.717, 1.165) is 23.5 Å². The van der Waals surface area contributed by atoms with Crippen LogP contribution < -0.4 is 9.47 Å². The molecule has 0 spiro atoms. The van der Waals surface area contributed by atoms with Gasteiger partial charge in [0.2, 0.25) is 0 Å². The molecule has 2 rings (SSSR count). The molecular weight excluding hydrogens is 236 g/mol. The number of rotatable bonds is 5. The van der Waals surface area contributed by atoms with Gasteiger partial charge in [-0.05, 0) is 43.2 Å². The largest absolute Gasteiger partial charge is 0.496 e. The number of methoxy groups -OCH3 is 1. The van der Waals surface area contributed by atoms with Crippen molar-refractivity contribution in [3.8, 4) is 11.5 Å². The van der Waals surface area contributed by atoms with Crippen molar-refractivity contribution in [3.05, 3.63) is 59.2 Å². The van der Waals surface area contributed by atoms with E-state index in [2.05, 4.69) is 32.0 Å². The number of benzene rings is 2. The first-order valence-electron chi connectivity index (χ1n) is 6.58. The zero-order valence-corrected chi connectivity index (χ0v) is 11.8. The molecule has 2 aromatic carbocycles. The molecule has 0 radical (unpaired) electrons. The number of ether oxygens (including phenoxy) is 2. The van der Waals surface area contributed by atoms with Crippen molar-refractivity contribution in [2.45, 2.75) is 26.9 Å². The smallest absolute Gasteiger partial charge is 0.125 e. The molecule has 0 aliphatic carbocycles. The molecule has 0 amide bonds. The van der Waals surface area contributed by atoms with Gasteiger partial charge in [-0.15, -0.1) is 0 Å². The Balaban J connectivity index is 2.11. The lowest BCUT2D eigenvalue weighted by Crippen LogP contribution is -1.99. The normalized spacial score (nSPS) is 10.3. The van der Waals surface area contributed by atoms with Crippen LogP contribution in [0.3, 0.4) is 0 Å². The third-order valence-electron chi connectivity index (χ3n) is 3.14. The van der Waals surface area contributed by atoms with E-state index in [1.807, 2.05) is 24.3 Å². The molecular formula is C17H20O2. The van der Waals surface area contributed by atoms with Crippen LogP contribution in [-0.4, -0.2) is 7.11 Å². The summed E-state index contributed by atoms with van der Waals surface area (Å²) in [6, 6.07) is 14.3. The third kappa shape index (κ3) is 3.50. The zero-order valence-electron chi connectivity index (χ0n) is 11.8. The lowest BCUT2D eigenvalue weighted by Gasteiger charge is -2.11. The van der Waals surface area contributed by atoms with Gasteiger partial charge < -0.3 is 9.47 Å². The quantitative estimate of drug-likeness (QED) is 0.800. The molecule has 0 unspecified atom stereocenters. The monoisotopic (exact) mass is 256 g/mol. The molecule has 2 heteroatoms. The molecule has 2 aromatic rings. The van der Waals surface area contributed by atoms with E-state index >= 15 is 0 Å². The van der Waals surface area contributed by atoms with Crippen LogP contribution in [0.25, 0.3) is 0 Å². The van der Waals surface area contributed by atoms with Crippen molar-refractivity contribution in [2.75, 3.05) is 7.11 Å². The van der Waals surface area contributed by atoms with Crippen molar-refractivity contribution in [1.82, 2.24) is 0 Å². The molecule has 100 valence electrons. The Bertz CT molecular complexity index is 547. The van der Waals surface area contributed by atoms with Crippen molar-refractivity contribution >= 4 is 0 Å². The minimum absolute atomic E-state index is 0.526. The lowest BCUT2D eigenvalue weighted by molar-refractivity contribution is 0.296. The Morgan fingerprint density at radius 2 is 1.89 bits per heavy atom. The molecule has 0 saturated carbocycles. The fraction of sp³-hybridized carbons (Fsp3) is 0.294. The van der Waals surface area contributed by atoms with Crippen molar-refractivity contribution in [2.24, 2.45) is 0 Å². The molecule has 19 heavy (non-hydrogen) atoms. The van der Waals surface area contributed by atoms with Crippen LogP contribution in [0, 0.1) is 6.92 Å². The van der Waals surface area contributed by atoms with Gasteiger partial charge in [-0.25, -0.2) is 0 Å². The summed E-state index contributed by atoms with van der Waals surface area (Å²) in [5.41, 5.74) is 3.57. The van der Waals surface area contributed by atoms with Crippen molar-refractivity contribution in [3.63, 3.8) is 0 Å². The molecule has 0 heterocycles. The molecule has 0 N–H and O–H groups in total. The Hall–Kier alpha value is -1.96. The van der Waals surface area contributed by atoms with E-state index in [-0.39, 0.29) is 0 Å². The number of hydrogen-bond acceptors (Lipinski definition) is 2. The highest BCUT2D eigenvalue weighted by atomic mass is 16.5. The van der Waals surface area contributed by atoms with Crippen LogP contribution in [0.15, 0.2) is 42.5 Å². The first-order chi connectivity index (χ1) is 9.22. The minimum atomic E-state index is 0.526. The third-order valence-corrected chi connectivity index (χ3v) is 3.14. The summed E-state index contributed by atoms with van der Waals surface area (Å²) >= 11 is 0. The van der Waals surface area contributed by atoms with Gasteiger partial charge in [-0.1, -0.05) is 30.7 Å². The highest BCUT2D eigenvalue weighted by Crippen LogP contribution is 2.22. The van der Waals surface area contributed by atoms with Gasteiger partial charge in [0, 0.05) is 5.56 Å². The Morgan fingerprint density at radius 1 is 1.05 bits per heavy atom. The summed E-state index contributed by atoms with van der Waals surface area (Å²) in [5, 5.41) is 0. The minimum Gasteiger partial charge on any atom is -0.496 e. The van der Waals surface area contributed by atoms with E-state index in [0.29, 0.717) is 6.61 Å². The van der Waals surface area contributed by atoms with E-state index in [1.54, 1.807) is 7.11 Å². The number of aryl methyl sites for hydroxylation is 2. The van der Waals surface area contributed by atoms with Gasteiger partial charge in [0.1, 0.15) is 18.1 Å². The van der Waals surface area contributed by atoms with Crippen molar-refractivity contribution < 1.29 is 9.47 Å². The lowest BCUT2D eigenvalue weighted by atomic mass is 10.1. The summed E-state index contributed by atoms with van der Waals surface area (Å²) < 4.78 is 11.2. The fourth-order valence-electron chi connectivity index (χ4n) is 2.04. The maximum atomic E-state index is 5.85. The second kappa shape index (κ2) is 6.28. The van der Waals surface area contributed by atoms with Crippen LogP contribution in [-0.2, 0) is 13.0 Å². The Kier molecular flexibility index (Phi) is 4.45. The molecule has 2 nitrogen and oxygen atoms in total. The molecule has 0 bridgehead atoms. The Morgan fingerprint density at radius 3 is 2.63 bits per heavy atom. The molecule has 0 aliphatic heterocycles. The summed E-state index contributed by atoms with van der Waals surface area (Å²) in [7, 11) is 1.69. The highest BCUT2D eigenvalue weighted by Gasteiger charge is 2.04. The van der Waals surface area contributed by atoms with Gasteiger partial charge in [0.05, 0.1) is 7.11 Å². The summed E-state index contributed by atoms with van der Waals surface area (Å²) in [4.78, 5) is 0. The summed E-state index contributed by atoms with van der Waals surface area (Å²) in [6.07, 6.45) is 1.02. The van der Waals surface area contributed by atoms with Gasteiger partial charge in [-0.3, -0.25) is 0 Å². The van der Waals surface area contributed by atoms with E-state index in [1.165, 1.54) is 11.1 Å². The molecule has 0 atom stereocenters. The standard InChI is InChI=1S/C17H20O2/c1-4-14-6-5-7-16(11-14)19-12-15-10-13(2)8-9-17(15)18-3/h5-11H,4,12H2,1-3H3. The predicted molar refractivity (Wildman–Crippen MR) is 77.9 cm³/mol. The molecule has 0 aliphatic rings. The second-order valence-electron chi connectivity index (χ2n) is 4.60. The first-order valence-corrected chi connectivity index (χ1v) is 6.58. The maximum absolute atomic E-state index is 5.85. The maximum Gasteiger partial charge on any atom is 0.125 e. The van der Waals surface area contributed by atoms with E-state index in [4.69, 9.17) is 9.47 Å². The van der Waals surface area contributed by atoms with Crippen LogP contribution in [0.4, 0.5) is 0 Å². The predicted octanol–water partition coefficient (Wildman–Crippen LogP) is 4.15. The highest BCUT2D eigenvalue weighted by molar-refractivity contribution is 5.37. The van der Waals surface area contributed by atoms with E-state index in [9.17, 15) is 0 Å². The van der Waals surface area contributed by atoms with Gasteiger partial charge in [0.15, 0.2) is 0 Å². The number of hydrogen-bond donors (Lipinski definition) is 0. The zero-order chi connectivity index (χ0) is 13.7. The fourth-order valence-corrected chi connectivity index (χ4v) is 2.04. The van der Waals surface area contributed by atoms with Gasteiger partial charge in [-0.2, -0.15) is 0 Å². The summed E-state index contributed by atoms with van der Waals surface area (Å²) in [6.45, 7) is 4.74. The van der Waals surface area contributed by atoms with Crippen molar-refractivity contribution in [1.29, 1.82) is 0 Å². The molecule has 0 saturated heterocycles. The van der Waals surface area contributed by atoms with Crippen LogP contribution in [0.5, 0.6) is 11.5 Å². The molecule has 0 aromatic heterocycles.